The number of carbonyl (C=O) groups is 1. The number of aliphatic hydroxyl groups is 1. The summed E-state index contributed by atoms with van der Waals surface area (Å²) >= 11 is 0. The van der Waals surface area contributed by atoms with Gasteiger partial charge in [0.15, 0.2) is 0 Å². The van der Waals surface area contributed by atoms with Crippen molar-refractivity contribution < 1.29 is 9.90 Å². The average molecular weight is 216 g/mol. The van der Waals surface area contributed by atoms with Crippen molar-refractivity contribution in [3.63, 3.8) is 0 Å². The lowest BCUT2D eigenvalue weighted by atomic mass is 10.2. The number of aryl methyl sites for hydroxylation is 1. The molecular weight excluding hydrogens is 204 g/mol. The summed E-state index contributed by atoms with van der Waals surface area (Å²) in [5, 5.41) is 11.6. The van der Waals surface area contributed by atoms with Crippen LogP contribution < -0.4 is 5.32 Å². The fourth-order valence-corrected chi connectivity index (χ4v) is 1.12. The molecule has 0 aliphatic rings. The first-order chi connectivity index (χ1) is 7.54. The van der Waals surface area contributed by atoms with Crippen LogP contribution in [0, 0.1) is 13.5 Å². The maximum absolute atomic E-state index is 11.5. The Labute approximate surface area is 94.0 Å². The number of anilines is 1. The van der Waals surface area contributed by atoms with Crippen LogP contribution in [0.4, 0.5) is 5.69 Å². The zero-order valence-electron chi connectivity index (χ0n) is 9.11. The van der Waals surface area contributed by atoms with Crippen molar-refractivity contribution in [3.8, 4) is 0 Å². The summed E-state index contributed by atoms with van der Waals surface area (Å²) in [4.78, 5) is 14.5. The summed E-state index contributed by atoms with van der Waals surface area (Å²) in [6.07, 6.45) is 0. The number of allylic oxidation sites excluding steroid dienone is 1. The molecule has 0 heterocycles. The molecule has 1 aromatic rings. The Kier molecular flexibility index (Phi) is 3.67. The molecule has 0 aromatic heterocycles. The zero-order valence-corrected chi connectivity index (χ0v) is 9.11. The van der Waals surface area contributed by atoms with Gasteiger partial charge in [-0.15, -0.1) is 0 Å². The van der Waals surface area contributed by atoms with Gasteiger partial charge in [-0.3, -0.25) is 4.79 Å². The van der Waals surface area contributed by atoms with Gasteiger partial charge in [-0.2, -0.15) is 0 Å². The molecule has 0 aliphatic carbocycles. The van der Waals surface area contributed by atoms with Gasteiger partial charge in [-0.05, 0) is 26.0 Å². The van der Waals surface area contributed by atoms with Crippen LogP contribution >= 0.6 is 0 Å². The lowest BCUT2D eigenvalue weighted by molar-refractivity contribution is -0.112. The predicted octanol–water partition coefficient (Wildman–Crippen LogP) is 2.64. The van der Waals surface area contributed by atoms with E-state index in [4.69, 9.17) is 11.7 Å². The monoisotopic (exact) mass is 216 g/mol. The van der Waals surface area contributed by atoms with Crippen LogP contribution in [0.25, 0.3) is 4.85 Å². The van der Waals surface area contributed by atoms with E-state index in [-0.39, 0.29) is 11.5 Å². The molecule has 0 fully saturated rings. The van der Waals surface area contributed by atoms with E-state index in [0.29, 0.717) is 5.69 Å². The highest BCUT2D eigenvalue weighted by Crippen LogP contribution is 2.11. The van der Waals surface area contributed by atoms with E-state index in [1.54, 1.807) is 12.1 Å². The Morgan fingerprint density at radius 3 is 2.38 bits per heavy atom. The van der Waals surface area contributed by atoms with Crippen molar-refractivity contribution in [1.82, 2.24) is 0 Å². The van der Waals surface area contributed by atoms with Crippen LogP contribution in [0.2, 0.25) is 0 Å². The van der Waals surface area contributed by atoms with Crippen molar-refractivity contribution in [2.24, 2.45) is 0 Å². The van der Waals surface area contributed by atoms with Gasteiger partial charge in [-0.1, -0.05) is 17.7 Å². The number of hydrogen-bond acceptors (Lipinski definition) is 2. The van der Waals surface area contributed by atoms with Gasteiger partial charge in [0, 0.05) is 5.69 Å². The highest BCUT2D eigenvalue weighted by molar-refractivity contribution is 6.05. The van der Waals surface area contributed by atoms with E-state index in [0.717, 1.165) is 5.56 Å². The summed E-state index contributed by atoms with van der Waals surface area (Å²) in [6, 6.07) is 7.17. The van der Waals surface area contributed by atoms with Crippen molar-refractivity contribution in [2.75, 3.05) is 5.32 Å². The number of aliphatic hydroxyl groups excluding tert-OH is 1. The Bertz CT molecular complexity index is 463. The third kappa shape index (κ3) is 2.85. The topological polar surface area (TPSA) is 53.7 Å². The van der Waals surface area contributed by atoms with Crippen molar-refractivity contribution in [3.05, 3.63) is 52.7 Å². The van der Waals surface area contributed by atoms with Gasteiger partial charge in [0.1, 0.15) is 5.76 Å². The summed E-state index contributed by atoms with van der Waals surface area (Å²) < 4.78 is 0. The Balaban J connectivity index is 2.84. The largest absolute Gasteiger partial charge is 0.523 e. The van der Waals surface area contributed by atoms with E-state index in [9.17, 15) is 4.79 Å². The van der Waals surface area contributed by atoms with Crippen molar-refractivity contribution >= 4 is 11.6 Å². The summed E-state index contributed by atoms with van der Waals surface area (Å²) in [6.45, 7) is 10.0. The fraction of sp³-hybridized carbons (Fsp3) is 0.167. The second-order valence-electron chi connectivity index (χ2n) is 3.37. The molecule has 2 N–H and O–H groups in total. The number of carbonyl (C=O) groups excluding carboxylic acids is 1. The zero-order chi connectivity index (χ0) is 12.1. The van der Waals surface area contributed by atoms with Crippen molar-refractivity contribution in [2.45, 2.75) is 13.8 Å². The van der Waals surface area contributed by atoms with Gasteiger partial charge in [-0.25, -0.2) is 4.85 Å². The first-order valence-corrected chi connectivity index (χ1v) is 4.70. The molecule has 1 aromatic carbocycles. The molecule has 1 amide bonds. The van der Waals surface area contributed by atoms with E-state index in [1.807, 2.05) is 19.1 Å². The smallest absolute Gasteiger partial charge is 0.286 e. The average Bonchev–Trinajstić information content (AvgIpc) is 2.22. The van der Waals surface area contributed by atoms with Crippen molar-refractivity contribution in [1.29, 1.82) is 0 Å². The number of rotatable bonds is 2. The molecule has 0 spiro atoms. The maximum Gasteiger partial charge on any atom is 0.286 e. The summed E-state index contributed by atoms with van der Waals surface area (Å²) in [5.74, 6) is -0.876. The molecule has 0 atom stereocenters. The lowest BCUT2D eigenvalue weighted by Gasteiger charge is -2.04. The van der Waals surface area contributed by atoms with Gasteiger partial charge < -0.3 is 10.4 Å². The molecule has 4 heteroatoms. The maximum atomic E-state index is 11.5. The predicted molar refractivity (Wildman–Crippen MR) is 61.7 cm³/mol. The van der Waals surface area contributed by atoms with E-state index >= 15 is 0 Å². The molecular formula is C12H12N2O2. The molecule has 0 bridgehead atoms. The molecule has 0 saturated carbocycles. The first-order valence-electron chi connectivity index (χ1n) is 4.70. The molecule has 16 heavy (non-hydrogen) atoms. The number of nitrogens with one attached hydrogen (secondary N) is 1. The second-order valence-corrected chi connectivity index (χ2v) is 3.37. The van der Waals surface area contributed by atoms with Crippen LogP contribution in [0.15, 0.2) is 35.7 Å². The third-order valence-corrected chi connectivity index (χ3v) is 1.98. The first kappa shape index (κ1) is 11.8. The SMILES string of the molecule is [C-]#[N+]/C(C(=O)Nc1ccc(C)cc1)=C(/C)O. The van der Waals surface area contributed by atoms with Crippen LogP contribution in [0.3, 0.4) is 0 Å². The normalized spacial score (nSPS) is 11.3. The minimum Gasteiger partial charge on any atom is -0.523 e. The molecule has 0 saturated heterocycles. The standard InChI is InChI=1S/C12H12N2O2/c1-8-4-6-10(7-5-8)14-12(16)11(13-3)9(2)15/h4-7,15H,1-2H3,(H,14,16)/b11-9-. The van der Waals surface area contributed by atoms with E-state index in [2.05, 4.69) is 10.2 Å². The van der Waals surface area contributed by atoms with E-state index < -0.39 is 5.91 Å². The van der Waals surface area contributed by atoms with E-state index in [1.165, 1.54) is 6.92 Å². The second kappa shape index (κ2) is 4.99. The Morgan fingerprint density at radius 1 is 1.38 bits per heavy atom. The minimum absolute atomic E-state index is 0.278. The highest BCUT2D eigenvalue weighted by atomic mass is 16.3. The van der Waals surface area contributed by atoms with Gasteiger partial charge in [0.05, 0.1) is 6.57 Å². The van der Waals surface area contributed by atoms with Gasteiger partial charge in [0.25, 0.3) is 11.6 Å². The van der Waals surface area contributed by atoms with Crippen LogP contribution in [0.1, 0.15) is 12.5 Å². The fourth-order valence-electron chi connectivity index (χ4n) is 1.12. The highest BCUT2D eigenvalue weighted by Gasteiger charge is 2.13. The van der Waals surface area contributed by atoms with Gasteiger partial charge in [0.2, 0.25) is 0 Å². The summed E-state index contributed by atoms with van der Waals surface area (Å²) in [7, 11) is 0. The van der Waals surface area contributed by atoms with Crippen LogP contribution in [0.5, 0.6) is 0 Å². The number of benzene rings is 1. The molecule has 4 nitrogen and oxygen atoms in total. The molecule has 0 aliphatic heterocycles. The Hall–Kier alpha value is -2.28. The van der Waals surface area contributed by atoms with Gasteiger partial charge >= 0.3 is 0 Å². The summed E-state index contributed by atoms with van der Waals surface area (Å²) in [5.41, 5.74) is 1.39. The Morgan fingerprint density at radius 2 is 1.94 bits per heavy atom. The molecule has 0 unspecified atom stereocenters. The molecule has 82 valence electrons. The van der Waals surface area contributed by atoms with Crippen LogP contribution in [-0.4, -0.2) is 11.0 Å². The molecule has 0 radical (unpaired) electrons. The lowest BCUT2D eigenvalue weighted by Crippen LogP contribution is -2.13. The number of nitrogens with zero attached hydrogens (tertiary/aromatic N) is 1. The third-order valence-electron chi connectivity index (χ3n) is 1.98. The molecule has 1 rings (SSSR count). The quantitative estimate of drug-likeness (QED) is 0.453. The minimum atomic E-state index is -0.598. The van der Waals surface area contributed by atoms with Crippen LogP contribution in [-0.2, 0) is 4.79 Å². The number of hydrogen-bond donors (Lipinski definition) is 2. The number of amides is 1.